The first kappa shape index (κ1) is 13.2. The van der Waals surface area contributed by atoms with Crippen molar-refractivity contribution in [2.24, 2.45) is 5.92 Å². The lowest BCUT2D eigenvalue weighted by Gasteiger charge is -2.24. The molecule has 0 aromatic carbocycles. The van der Waals surface area contributed by atoms with E-state index >= 15 is 0 Å². The van der Waals surface area contributed by atoms with Gasteiger partial charge in [0.2, 0.25) is 0 Å². The minimum Gasteiger partial charge on any atom is -0.597 e. The Morgan fingerprint density at radius 3 is 2.47 bits per heavy atom. The van der Waals surface area contributed by atoms with Crippen LogP contribution in [0.4, 0.5) is 0 Å². The van der Waals surface area contributed by atoms with Crippen molar-refractivity contribution in [2.75, 3.05) is 6.61 Å². The average molecular weight is 259 g/mol. The quantitative estimate of drug-likeness (QED) is 0.436. The Balaban J connectivity index is 2.03. The minimum absolute atomic E-state index is 0.161. The van der Waals surface area contributed by atoms with Gasteiger partial charge in [-0.25, -0.2) is 0 Å². The summed E-state index contributed by atoms with van der Waals surface area (Å²) in [7, 11) is 0. The molecule has 0 aromatic heterocycles. The topological polar surface area (TPSA) is 52.4 Å². The third kappa shape index (κ3) is 2.61. The summed E-state index contributed by atoms with van der Waals surface area (Å²) < 4.78 is 18.9. The number of ether oxygens (including phenoxy) is 1. The number of hydrogen-bond acceptors (Lipinski definition) is 4. The highest BCUT2D eigenvalue weighted by Crippen LogP contribution is 2.50. The minimum atomic E-state index is -1.11. The van der Waals surface area contributed by atoms with Gasteiger partial charge in [0, 0.05) is 11.4 Å². The van der Waals surface area contributed by atoms with Crippen LogP contribution in [0.25, 0.3) is 0 Å². The van der Waals surface area contributed by atoms with Gasteiger partial charge in [-0.3, -0.25) is 4.79 Å². The molecule has 5 heteroatoms. The molecule has 2 aliphatic rings. The molecule has 0 radical (unpaired) electrons. The molecular weight excluding hydrogens is 238 g/mol. The third-order valence-electron chi connectivity index (χ3n) is 3.15. The van der Waals surface area contributed by atoms with Crippen LogP contribution in [0, 0.1) is 5.92 Å². The summed E-state index contributed by atoms with van der Waals surface area (Å²) in [6, 6.07) is -0.100. The van der Waals surface area contributed by atoms with Crippen LogP contribution in [0.15, 0.2) is 0 Å². The molecule has 0 bridgehead atoms. The number of carbonyl (C=O) groups excluding carboxylic acids is 1. The molecule has 1 saturated heterocycles. The first-order valence-corrected chi connectivity index (χ1v) is 7.35. The summed E-state index contributed by atoms with van der Waals surface area (Å²) in [4.78, 5) is 11.8. The van der Waals surface area contributed by atoms with E-state index in [9.17, 15) is 9.35 Å². The van der Waals surface area contributed by atoms with Crippen LogP contribution >= 0.6 is 0 Å². The molecule has 2 fully saturated rings. The second-order valence-corrected chi connectivity index (χ2v) is 7.89. The van der Waals surface area contributed by atoms with Gasteiger partial charge in [-0.05, 0) is 46.5 Å². The summed E-state index contributed by atoms with van der Waals surface area (Å²) in [6.07, 6.45) is 2.30. The van der Waals surface area contributed by atoms with Gasteiger partial charge in [0.25, 0.3) is 0 Å². The van der Waals surface area contributed by atoms with Gasteiger partial charge in [-0.2, -0.15) is 0 Å². The molecule has 1 saturated carbocycles. The van der Waals surface area contributed by atoms with Crippen LogP contribution in [-0.4, -0.2) is 38.3 Å². The lowest BCUT2D eigenvalue weighted by molar-refractivity contribution is -0.143. The van der Waals surface area contributed by atoms with Gasteiger partial charge in [0.1, 0.15) is 4.75 Å². The predicted molar refractivity (Wildman–Crippen MR) is 66.7 cm³/mol. The number of carbonyl (C=O) groups is 1. The fraction of sp³-hybridized carbons (Fsp3) is 0.917. The van der Waals surface area contributed by atoms with Crippen LogP contribution in [0.1, 0.15) is 40.5 Å². The Labute approximate surface area is 106 Å². The van der Waals surface area contributed by atoms with Gasteiger partial charge in [0.05, 0.1) is 12.6 Å². The molecule has 4 unspecified atom stereocenters. The summed E-state index contributed by atoms with van der Waals surface area (Å²) in [6.45, 7) is 8.01. The molecule has 4 atom stereocenters. The largest absolute Gasteiger partial charge is 0.597 e. The molecule has 0 spiro atoms. The standard InChI is InChI=1S/C12H21NO3S/c1-5-16-11(14)10-9(8-6-7-8)13(10)17(15)12(2,3)4/h8-10H,5-7H2,1-4H3. The predicted octanol–water partition coefficient (Wildman–Crippen LogP) is 1.47. The second kappa shape index (κ2) is 4.44. The van der Waals surface area contributed by atoms with E-state index in [2.05, 4.69) is 0 Å². The first-order chi connectivity index (χ1) is 7.88. The van der Waals surface area contributed by atoms with Crippen LogP contribution < -0.4 is 0 Å². The molecule has 4 nitrogen and oxygen atoms in total. The normalized spacial score (nSPS) is 34.3. The van der Waals surface area contributed by atoms with Crippen molar-refractivity contribution >= 4 is 17.3 Å². The van der Waals surface area contributed by atoms with E-state index in [1.165, 1.54) is 0 Å². The zero-order valence-corrected chi connectivity index (χ0v) is 11.8. The van der Waals surface area contributed by atoms with E-state index in [0.29, 0.717) is 12.5 Å². The van der Waals surface area contributed by atoms with Crippen molar-refractivity contribution in [3.8, 4) is 0 Å². The SMILES string of the molecule is CCOC(=O)C1C(C2CC2)N1[S+]([O-])C(C)(C)C. The van der Waals surface area contributed by atoms with Crippen molar-refractivity contribution < 1.29 is 14.1 Å². The lowest BCUT2D eigenvalue weighted by atomic mass is 10.2. The van der Waals surface area contributed by atoms with Crippen LogP contribution in [0.2, 0.25) is 0 Å². The molecule has 0 amide bonds. The second-order valence-electron chi connectivity index (χ2n) is 5.75. The number of esters is 1. The number of nitrogens with zero attached hydrogens (tertiary/aromatic N) is 1. The smallest absolute Gasteiger partial charge is 0.329 e. The molecule has 0 N–H and O–H groups in total. The van der Waals surface area contributed by atoms with Gasteiger partial charge < -0.3 is 9.29 Å². The number of hydrogen-bond donors (Lipinski definition) is 0. The molecule has 0 aromatic rings. The molecule has 98 valence electrons. The fourth-order valence-electron chi connectivity index (χ4n) is 2.13. The highest BCUT2D eigenvalue weighted by Gasteiger charge is 2.68. The van der Waals surface area contributed by atoms with Crippen LogP contribution in [0.5, 0.6) is 0 Å². The average Bonchev–Trinajstić information content (AvgIpc) is 3.08. The Morgan fingerprint density at radius 1 is 1.47 bits per heavy atom. The molecule has 2 rings (SSSR count). The van der Waals surface area contributed by atoms with E-state index in [1.807, 2.05) is 25.1 Å². The lowest BCUT2D eigenvalue weighted by Crippen LogP contribution is -2.36. The van der Waals surface area contributed by atoms with Crippen molar-refractivity contribution in [1.29, 1.82) is 0 Å². The van der Waals surface area contributed by atoms with Gasteiger partial charge >= 0.3 is 5.97 Å². The highest BCUT2D eigenvalue weighted by atomic mass is 32.2. The van der Waals surface area contributed by atoms with E-state index in [0.717, 1.165) is 12.8 Å². The Morgan fingerprint density at radius 2 is 2.06 bits per heavy atom. The van der Waals surface area contributed by atoms with Crippen LogP contribution in [0.3, 0.4) is 0 Å². The molecule has 1 aliphatic carbocycles. The van der Waals surface area contributed by atoms with E-state index < -0.39 is 11.4 Å². The van der Waals surface area contributed by atoms with Gasteiger partial charge in [-0.1, -0.05) is 0 Å². The van der Waals surface area contributed by atoms with Crippen molar-refractivity contribution in [3.63, 3.8) is 0 Å². The monoisotopic (exact) mass is 259 g/mol. The Bertz CT molecular complexity index is 311. The van der Waals surface area contributed by atoms with E-state index in [-0.39, 0.29) is 22.8 Å². The Kier molecular flexibility index (Phi) is 3.45. The Hall–Kier alpha value is -0.260. The zero-order valence-electron chi connectivity index (χ0n) is 10.9. The number of rotatable bonds is 4. The van der Waals surface area contributed by atoms with Gasteiger partial charge in [-0.15, -0.1) is 4.31 Å². The van der Waals surface area contributed by atoms with Crippen molar-refractivity contribution in [2.45, 2.75) is 57.4 Å². The maximum atomic E-state index is 12.3. The van der Waals surface area contributed by atoms with E-state index in [1.54, 1.807) is 6.92 Å². The van der Waals surface area contributed by atoms with Crippen LogP contribution in [-0.2, 0) is 20.9 Å². The molecule has 1 aliphatic heterocycles. The van der Waals surface area contributed by atoms with Gasteiger partial charge in [0.15, 0.2) is 6.04 Å². The van der Waals surface area contributed by atoms with Crippen molar-refractivity contribution in [1.82, 2.24) is 4.31 Å². The first-order valence-electron chi connectivity index (χ1n) is 6.25. The summed E-state index contributed by atoms with van der Waals surface area (Å²) in [5.41, 5.74) is 0. The highest BCUT2D eigenvalue weighted by molar-refractivity contribution is 7.90. The maximum Gasteiger partial charge on any atom is 0.329 e. The summed E-state index contributed by atoms with van der Waals surface area (Å²) in [5.74, 6) is 0.345. The fourth-order valence-corrected chi connectivity index (χ4v) is 3.64. The van der Waals surface area contributed by atoms with Crippen molar-refractivity contribution in [3.05, 3.63) is 0 Å². The molecule has 1 heterocycles. The zero-order chi connectivity index (χ0) is 12.8. The third-order valence-corrected chi connectivity index (χ3v) is 5.05. The molecular formula is C12H21NO3S. The van der Waals surface area contributed by atoms with E-state index in [4.69, 9.17) is 4.74 Å². The maximum absolute atomic E-state index is 12.3. The summed E-state index contributed by atoms with van der Waals surface area (Å²) >= 11 is -1.11. The molecule has 17 heavy (non-hydrogen) atoms. The summed E-state index contributed by atoms with van der Waals surface area (Å²) in [5, 5.41) is 0.